The second-order valence-electron chi connectivity index (χ2n) is 8.25. The van der Waals surface area contributed by atoms with Gasteiger partial charge in [0.05, 0.1) is 39.8 Å². The van der Waals surface area contributed by atoms with Crippen molar-refractivity contribution in [2.24, 2.45) is 0 Å². The summed E-state index contributed by atoms with van der Waals surface area (Å²) in [4.78, 5) is 33.8. The van der Waals surface area contributed by atoms with Crippen molar-refractivity contribution in [3.05, 3.63) is 104 Å². The lowest BCUT2D eigenvalue weighted by Crippen LogP contribution is -2.39. The van der Waals surface area contributed by atoms with Gasteiger partial charge in [0.1, 0.15) is 5.82 Å². The molecule has 0 radical (unpaired) electrons. The van der Waals surface area contributed by atoms with Crippen molar-refractivity contribution in [1.82, 2.24) is 14.5 Å². The van der Waals surface area contributed by atoms with E-state index in [0.717, 1.165) is 5.56 Å². The fourth-order valence-corrected chi connectivity index (χ4v) is 4.48. The van der Waals surface area contributed by atoms with Crippen LogP contribution in [0.1, 0.15) is 34.7 Å². The van der Waals surface area contributed by atoms with Gasteiger partial charge in [0.15, 0.2) is 0 Å². The molecule has 35 heavy (non-hydrogen) atoms. The number of methoxy groups -OCH3 is 1. The van der Waals surface area contributed by atoms with Crippen molar-refractivity contribution in [3.63, 3.8) is 0 Å². The van der Waals surface area contributed by atoms with Crippen LogP contribution in [0, 0.1) is 6.92 Å². The van der Waals surface area contributed by atoms with Crippen LogP contribution in [0.4, 0.5) is 0 Å². The van der Waals surface area contributed by atoms with Crippen LogP contribution in [0.15, 0.2) is 71.5 Å². The standard InChI is InChI=1S/C27H25Cl2N3O3/c1-17-8-11-20(12-9-17)32-25(30-24-7-5-4-6-22(24)27(32)34)18(2)31(14-15-35-3)26(33)21-13-10-19(28)16-23(21)29/h4-13,16,18H,14-15H2,1-3H3. The predicted molar refractivity (Wildman–Crippen MR) is 140 cm³/mol. The summed E-state index contributed by atoms with van der Waals surface area (Å²) in [5, 5.41) is 1.19. The summed E-state index contributed by atoms with van der Waals surface area (Å²) in [6.07, 6.45) is 0. The first-order valence-corrected chi connectivity index (χ1v) is 11.9. The Kier molecular flexibility index (Phi) is 7.55. The van der Waals surface area contributed by atoms with Crippen LogP contribution in [0.25, 0.3) is 16.6 Å². The largest absolute Gasteiger partial charge is 0.383 e. The molecule has 1 aromatic heterocycles. The molecule has 4 aromatic rings. The highest BCUT2D eigenvalue weighted by Crippen LogP contribution is 2.28. The molecule has 0 N–H and O–H groups in total. The Labute approximate surface area is 213 Å². The number of ether oxygens (including phenoxy) is 1. The van der Waals surface area contributed by atoms with E-state index >= 15 is 0 Å². The molecule has 1 unspecified atom stereocenters. The Morgan fingerprint density at radius 3 is 2.49 bits per heavy atom. The van der Waals surface area contributed by atoms with E-state index in [-0.39, 0.29) is 23.0 Å². The molecule has 3 aromatic carbocycles. The topological polar surface area (TPSA) is 64.4 Å². The van der Waals surface area contributed by atoms with Crippen molar-refractivity contribution in [3.8, 4) is 5.69 Å². The highest BCUT2D eigenvalue weighted by atomic mass is 35.5. The molecule has 1 amide bonds. The molecule has 0 bridgehead atoms. The van der Waals surface area contributed by atoms with E-state index in [1.165, 1.54) is 6.07 Å². The van der Waals surface area contributed by atoms with Crippen LogP contribution in [0.3, 0.4) is 0 Å². The van der Waals surface area contributed by atoms with Gasteiger partial charge in [-0.1, -0.05) is 53.0 Å². The van der Waals surface area contributed by atoms with Crippen molar-refractivity contribution in [1.29, 1.82) is 0 Å². The first-order valence-electron chi connectivity index (χ1n) is 11.2. The number of carbonyl (C=O) groups excluding carboxylic acids is 1. The second kappa shape index (κ2) is 10.6. The van der Waals surface area contributed by atoms with Crippen LogP contribution in [-0.2, 0) is 4.74 Å². The third-order valence-corrected chi connectivity index (χ3v) is 6.44. The molecule has 0 fully saturated rings. The van der Waals surface area contributed by atoms with Gasteiger partial charge in [0.25, 0.3) is 11.5 Å². The van der Waals surface area contributed by atoms with E-state index in [9.17, 15) is 9.59 Å². The molecule has 0 saturated heterocycles. The number of amides is 1. The van der Waals surface area contributed by atoms with Gasteiger partial charge in [-0.05, 0) is 56.3 Å². The van der Waals surface area contributed by atoms with Gasteiger partial charge in [0, 0.05) is 18.7 Å². The van der Waals surface area contributed by atoms with E-state index in [4.69, 9.17) is 32.9 Å². The second-order valence-corrected chi connectivity index (χ2v) is 9.10. The fourth-order valence-electron chi connectivity index (χ4n) is 3.99. The minimum absolute atomic E-state index is 0.204. The predicted octanol–water partition coefficient (Wildman–Crippen LogP) is 5.85. The molecule has 0 aliphatic rings. The number of aromatic nitrogens is 2. The zero-order valence-electron chi connectivity index (χ0n) is 19.7. The first-order chi connectivity index (χ1) is 16.8. The van der Waals surface area contributed by atoms with Gasteiger partial charge in [-0.2, -0.15) is 0 Å². The van der Waals surface area contributed by atoms with Crippen LogP contribution in [-0.4, -0.2) is 40.6 Å². The first kappa shape index (κ1) is 24.9. The highest BCUT2D eigenvalue weighted by molar-refractivity contribution is 6.36. The van der Waals surface area contributed by atoms with Crippen molar-refractivity contribution in [2.75, 3.05) is 20.3 Å². The third-order valence-electron chi connectivity index (χ3n) is 5.89. The van der Waals surface area contributed by atoms with Gasteiger partial charge in [-0.3, -0.25) is 14.2 Å². The van der Waals surface area contributed by atoms with Gasteiger partial charge in [0.2, 0.25) is 0 Å². The lowest BCUT2D eigenvalue weighted by atomic mass is 10.1. The third kappa shape index (κ3) is 5.10. The van der Waals surface area contributed by atoms with Crippen LogP contribution in [0.5, 0.6) is 0 Å². The Bertz CT molecular complexity index is 1430. The summed E-state index contributed by atoms with van der Waals surface area (Å²) >= 11 is 12.4. The molecule has 4 rings (SSSR count). The highest BCUT2D eigenvalue weighted by Gasteiger charge is 2.28. The molecule has 180 valence electrons. The number of hydrogen-bond donors (Lipinski definition) is 0. The smallest absolute Gasteiger partial charge is 0.266 e. The van der Waals surface area contributed by atoms with Gasteiger partial charge in [-0.15, -0.1) is 0 Å². The Morgan fingerprint density at radius 1 is 1.09 bits per heavy atom. The van der Waals surface area contributed by atoms with Crippen LogP contribution < -0.4 is 5.56 Å². The molecule has 0 aliphatic heterocycles. The average Bonchev–Trinajstić information content (AvgIpc) is 2.84. The summed E-state index contributed by atoms with van der Waals surface area (Å²) in [5.41, 5.74) is 2.41. The summed E-state index contributed by atoms with van der Waals surface area (Å²) in [6, 6.07) is 19.0. The number of rotatable bonds is 7. The quantitative estimate of drug-likeness (QED) is 0.313. The summed E-state index contributed by atoms with van der Waals surface area (Å²) < 4.78 is 6.85. The number of nitrogens with zero attached hydrogens (tertiary/aromatic N) is 3. The number of hydrogen-bond acceptors (Lipinski definition) is 4. The number of carbonyl (C=O) groups is 1. The lowest BCUT2D eigenvalue weighted by Gasteiger charge is -2.30. The molecular weight excluding hydrogens is 485 g/mol. The van der Waals surface area contributed by atoms with Gasteiger partial charge >= 0.3 is 0 Å². The average molecular weight is 510 g/mol. The zero-order valence-corrected chi connectivity index (χ0v) is 21.2. The van der Waals surface area contributed by atoms with E-state index in [1.807, 2.05) is 50.2 Å². The Hall–Kier alpha value is -3.19. The number of benzene rings is 3. The molecule has 0 spiro atoms. The maximum Gasteiger partial charge on any atom is 0.266 e. The molecule has 1 heterocycles. The molecule has 6 nitrogen and oxygen atoms in total. The van der Waals surface area contributed by atoms with Crippen molar-refractivity contribution in [2.45, 2.75) is 19.9 Å². The SMILES string of the molecule is COCCN(C(=O)c1ccc(Cl)cc1Cl)C(C)c1nc2ccccc2c(=O)n1-c1ccc(C)cc1. The normalized spacial score (nSPS) is 12.0. The van der Waals surface area contributed by atoms with Crippen molar-refractivity contribution < 1.29 is 9.53 Å². The molecule has 0 aliphatic carbocycles. The number of para-hydroxylation sites is 1. The maximum absolute atomic E-state index is 13.7. The summed E-state index contributed by atoms with van der Waals surface area (Å²) in [7, 11) is 1.57. The monoisotopic (exact) mass is 509 g/mol. The van der Waals surface area contributed by atoms with E-state index in [0.29, 0.717) is 39.6 Å². The number of aryl methyl sites for hydroxylation is 1. The molecule has 8 heteroatoms. The summed E-state index contributed by atoms with van der Waals surface area (Å²) in [6.45, 7) is 4.39. The molecule has 0 saturated carbocycles. The van der Waals surface area contributed by atoms with Crippen LogP contribution in [0.2, 0.25) is 10.0 Å². The van der Waals surface area contributed by atoms with Crippen LogP contribution >= 0.6 is 23.2 Å². The number of halogens is 2. The lowest BCUT2D eigenvalue weighted by molar-refractivity contribution is 0.0605. The Morgan fingerprint density at radius 2 is 1.80 bits per heavy atom. The minimum Gasteiger partial charge on any atom is -0.383 e. The van der Waals surface area contributed by atoms with Crippen molar-refractivity contribution >= 4 is 40.0 Å². The minimum atomic E-state index is -0.581. The zero-order chi connectivity index (χ0) is 25.1. The van der Waals surface area contributed by atoms with Gasteiger partial charge in [-0.25, -0.2) is 4.98 Å². The maximum atomic E-state index is 13.7. The Balaban J connectivity index is 1.90. The van der Waals surface area contributed by atoms with E-state index < -0.39 is 6.04 Å². The summed E-state index contributed by atoms with van der Waals surface area (Å²) in [5.74, 6) is 0.126. The van der Waals surface area contributed by atoms with E-state index in [2.05, 4.69) is 0 Å². The molecular formula is C27H25Cl2N3O3. The number of fused-ring (bicyclic) bond motifs is 1. The van der Waals surface area contributed by atoms with E-state index in [1.54, 1.807) is 40.8 Å². The van der Waals surface area contributed by atoms with Gasteiger partial charge < -0.3 is 9.64 Å². The molecule has 1 atom stereocenters. The fraction of sp³-hybridized carbons (Fsp3) is 0.222.